The number of carbonyl (C=O) groups is 1. The van der Waals surface area contributed by atoms with E-state index in [1.54, 1.807) is 0 Å². The maximum absolute atomic E-state index is 12.1. The average Bonchev–Trinajstić information content (AvgIpc) is 2.48. The summed E-state index contributed by atoms with van der Waals surface area (Å²) < 4.78 is 0. The van der Waals surface area contributed by atoms with Gasteiger partial charge < -0.3 is 16.4 Å². The standard InChI is InChI=1S/C17H15N3O/c18-14-10-4-6-12-7-5-11-15(16(12)14)20-17(21)19-13-8-2-1-3-9-13/h1-11H,18H2,(H2,19,20,21). The molecule has 2 amide bonds. The van der Waals surface area contributed by atoms with E-state index in [4.69, 9.17) is 5.73 Å². The molecule has 0 atom stereocenters. The van der Waals surface area contributed by atoms with Crippen molar-refractivity contribution in [2.24, 2.45) is 0 Å². The van der Waals surface area contributed by atoms with E-state index in [1.165, 1.54) is 0 Å². The molecule has 0 saturated carbocycles. The highest BCUT2D eigenvalue weighted by atomic mass is 16.2. The lowest BCUT2D eigenvalue weighted by molar-refractivity contribution is 0.262. The topological polar surface area (TPSA) is 67.1 Å². The second-order valence-electron chi connectivity index (χ2n) is 4.70. The number of hydrogen-bond acceptors (Lipinski definition) is 2. The third-order valence-electron chi connectivity index (χ3n) is 3.22. The molecule has 0 heterocycles. The molecular weight excluding hydrogens is 262 g/mol. The van der Waals surface area contributed by atoms with E-state index in [1.807, 2.05) is 66.7 Å². The van der Waals surface area contributed by atoms with Gasteiger partial charge >= 0.3 is 6.03 Å². The van der Waals surface area contributed by atoms with Crippen LogP contribution >= 0.6 is 0 Å². The number of anilines is 3. The number of fused-ring (bicyclic) bond motifs is 1. The van der Waals surface area contributed by atoms with Crippen molar-refractivity contribution in [3.63, 3.8) is 0 Å². The molecule has 21 heavy (non-hydrogen) atoms. The molecular formula is C17H15N3O. The minimum atomic E-state index is -0.294. The zero-order chi connectivity index (χ0) is 14.7. The first-order chi connectivity index (χ1) is 10.2. The summed E-state index contributed by atoms with van der Waals surface area (Å²) in [5, 5.41) is 7.47. The predicted molar refractivity (Wildman–Crippen MR) is 87.4 cm³/mol. The molecule has 0 aliphatic rings. The van der Waals surface area contributed by atoms with Gasteiger partial charge in [0.25, 0.3) is 0 Å². The molecule has 104 valence electrons. The Labute approximate surface area is 122 Å². The SMILES string of the molecule is Nc1cccc2cccc(NC(=O)Nc3ccccc3)c12. The Bertz CT molecular complexity index is 779. The number of amides is 2. The highest BCUT2D eigenvalue weighted by molar-refractivity contribution is 6.09. The van der Waals surface area contributed by atoms with Crippen LogP contribution in [0.2, 0.25) is 0 Å². The molecule has 3 aromatic rings. The molecule has 3 rings (SSSR count). The van der Waals surface area contributed by atoms with E-state index in [-0.39, 0.29) is 6.03 Å². The minimum absolute atomic E-state index is 0.294. The molecule has 0 aliphatic carbocycles. The first kappa shape index (κ1) is 13.0. The van der Waals surface area contributed by atoms with Gasteiger partial charge in [0.2, 0.25) is 0 Å². The van der Waals surface area contributed by atoms with Crippen LogP contribution in [0.4, 0.5) is 21.9 Å². The van der Waals surface area contributed by atoms with Crippen LogP contribution in [0.3, 0.4) is 0 Å². The Balaban J connectivity index is 1.87. The van der Waals surface area contributed by atoms with Gasteiger partial charge in [-0.05, 0) is 29.7 Å². The Morgan fingerprint density at radius 3 is 2.29 bits per heavy atom. The van der Waals surface area contributed by atoms with E-state index in [0.717, 1.165) is 16.5 Å². The van der Waals surface area contributed by atoms with Crippen molar-refractivity contribution >= 4 is 33.9 Å². The van der Waals surface area contributed by atoms with E-state index in [9.17, 15) is 4.79 Å². The Hall–Kier alpha value is -3.01. The summed E-state index contributed by atoms with van der Waals surface area (Å²) in [7, 11) is 0. The van der Waals surface area contributed by atoms with Gasteiger partial charge in [0.1, 0.15) is 0 Å². The van der Waals surface area contributed by atoms with Gasteiger partial charge in [-0.1, -0.05) is 42.5 Å². The van der Waals surface area contributed by atoms with E-state index < -0.39 is 0 Å². The van der Waals surface area contributed by atoms with Crippen LogP contribution in [0.25, 0.3) is 10.8 Å². The molecule has 0 unspecified atom stereocenters. The number of rotatable bonds is 2. The van der Waals surface area contributed by atoms with Gasteiger partial charge in [0.15, 0.2) is 0 Å². The second kappa shape index (κ2) is 5.54. The summed E-state index contributed by atoms with van der Waals surface area (Å²) in [5.41, 5.74) is 8.09. The largest absolute Gasteiger partial charge is 0.398 e. The van der Waals surface area contributed by atoms with Gasteiger partial charge in [0, 0.05) is 16.8 Å². The minimum Gasteiger partial charge on any atom is -0.398 e. The summed E-state index contributed by atoms with van der Waals surface area (Å²) in [6.45, 7) is 0. The fourth-order valence-electron chi connectivity index (χ4n) is 2.28. The number of hydrogen-bond donors (Lipinski definition) is 3. The molecule has 4 heteroatoms. The van der Waals surface area contributed by atoms with Crippen molar-refractivity contribution < 1.29 is 4.79 Å². The van der Waals surface area contributed by atoms with E-state index >= 15 is 0 Å². The maximum atomic E-state index is 12.1. The van der Waals surface area contributed by atoms with E-state index in [2.05, 4.69) is 10.6 Å². The van der Waals surface area contributed by atoms with Crippen LogP contribution in [-0.4, -0.2) is 6.03 Å². The monoisotopic (exact) mass is 277 g/mol. The first-order valence-corrected chi connectivity index (χ1v) is 6.64. The van der Waals surface area contributed by atoms with Gasteiger partial charge in [0.05, 0.1) is 5.69 Å². The molecule has 0 bridgehead atoms. The fourth-order valence-corrected chi connectivity index (χ4v) is 2.28. The van der Waals surface area contributed by atoms with Gasteiger partial charge in [-0.25, -0.2) is 4.79 Å². The van der Waals surface area contributed by atoms with Gasteiger partial charge in [-0.3, -0.25) is 0 Å². The molecule has 4 nitrogen and oxygen atoms in total. The summed E-state index contributed by atoms with van der Waals surface area (Å²) in [5.74, 6) is 0. The lowest BCUT2D eigenvalue weighted by Gasteiger charge is -2.11. The van der Waals surface area contributed by atoms with Crippen LogP contribution in [0.15, 0.2) is 66.7 Å². The number of carbonyl (C=O) groups excluding carboxylic acids is 1. The molecule has 4 N–H and O–H groups in total. The second-order valence-corrected chi connectivity index (χ2v) is 4.70. The van der Waals surface area contributed by atoms with Crippen LogP contribution in [-0.2, 0) is 0 Å². The first-order valence-electron chi connectivity index (χ1n) is 6.64. The average molecular weight is 277 g/mol. The predicted octanol–water partition coefficient (Wildman–Crippen LogP) is 4.07. The number of nitrogens with two attached hydrogens (primary N) is 1. The van der Waals surface area contributed by atoms with Crippen molar-refractivity contribution in [3.05, 3.63) is 66.7 Å². The van der Waals surface area contributed by atoms with Crippen LogP contribution in [0.1, 0.15) is 0 Å². The molecule has 0 radical (unpaired) electrons. The normalized spacial score (nSPS) is 10.3. The quantitative estimate of drug-likeness (QED) is 0.618. The number of nitrogen functional groups attached to an aromatic ring is 1. The van der Waals surface area contributed by atoms with Crippen molar-refractivity contribution in [1.82, 2.24) is 0 Å². The van der Waals surface area contributed by atoms with Crippen LogP contribution in [0.5, 0.6) is 0 Å². The number of nitrogens with one attached hydrogen (secondary N) is 2. The van der Waals surface area contributed by atoms with Crippen LogP contribution < -0.4 is 16.4 Å². The molecule has 0 saturated heterocycles. The molecule has 0 aliphatic heterocycles. The zero-order valence-corrected chi connectivity index (χ0v) is 11.3. The van der Waals surface area contributed by atoms with Gasteiger partial charge in [-0.2, -0.15) is 0 Å². The van der Waals surface area contributed by atoms with Gasteiger partial charge in [-0.15, -0.1) is 0 Å². The van der Waals surface area contributed by atoms with Crippen molar-refractivity contribution in [2.75, 3.05) is 16.4 Å². The van der Waals surface area contributed by atoms with Crippen molar-refractivity contribution in [2.45, 2.75) is 0 Å². The number of benzene rings is 3. The maximum Gasteiger partial charge on any atom is 0.323 e. The fraction of sp³-hybridized carbons (Fsp3) is 0. The smallest absolute Gasteiger partial charge is 0.323 e. The number of urea groups is 1. The molecule has 0 spiro atoms. The summed E-state index contributed by atoms with van der Waals surface area (Å²) in [4.78, 5) is 12.1. The Morgan fingerprint density at radius 2 is 1.52 bits per heavy atom. The highest BCUT2D eigenvalue weighted by Crippen LogP contribution is 2.28. The summed E-state index contributed by atoms with van der Waals surface area (Å²) in [6.07, 6.45) is 0. The van der Waals surface area contributed by atoms with Crippen molar-refractivity contribution in [1.29, 1.82) is 0 Å². The Morgan fingerprint density at radius 1 is 0.810 bits per heavy atom. The number of para-hydroxylation sites is 1. The molecule has 0 fully saturated rings. The lowest BCUT2D eigenvalue weighted by atomic mass is 10.1. The highest BCUT2D eigenvalue weighted by Gasteiger charge is 2.07. The summed E-state index contributed by atoms with van der Waals surface area (Å²) >= 11 is 0. The lowest BCUT2D eigenvalue weighted by Crippen LogP contribution is -2.19. The van der Waals surface area contributed by atoms with E-state index in [0.29, 0.717) is 11.4 Å². The zero-order valence-electron chi connectivity index (χ0n) is 11.3. The summed E-state index contributed by atoms with van der Waals surface area (Å²) in [6, 6.07) is 20.4. The molecule has 3 aromatic carbocycles. The third-order valence-corrected chi connectivity index (χ3v) is 3.22. The van der Waals surface area contributed by atoms with Crippen molar-refractivity contribution in [3.8, 4) is 0 Å². The molecule has 0 aromatic heterocycles. The van der Waals surface area contributed by atoms with Crippen LogP contribution in [0, 0.1) is 0 Å². The third kappa shape index (κ3) is 2.79. The Kier molecular flexibility index (Phi) is 3.43.